The Morgan fingerprint density at radius 3 is 2.42 bits per heavy atom. The van der Waals surface area contributed by atoms with E-state index in [1.54, 1.807) is 11.3 Å². The largest absolute Gasteiger partial charge is 0.336 e. The summed E-state index contributed by atoms with van der Waals surface area (Å²) in [5, 5.41) is 6.33. The van der Waals surface area contributed by atoms with Crippen LogP contribution in [0.5, 0.6) is 0 Å². The van der Waals surface area contributed by atoms with E-state index >= 15 is 0 Å². The summed E-state index contributed by atoms with van der Waals surface area (Å²) in [4.78, 5) is 18.9. The first kappa shape index (κ1) is 20.3. The molecule has 0 atom stereocenters. The molecule has 0 aliphatic carbocycles. The summed E-state index contributed by atoms with van der Waals surface area (Å²) in [6.45, 7) is 13.3. The van der Waals surface area contributed by atoms with Gasteiger partial charge >= 0.3 is 0 Å². The van der Waals surface area contributed by atoms with Crippen LogP contribution in [0, 0.1) is 6.92 Å². The molecule has 1 aliphatic rings. The summed E-state index contributed by atoms with van der Waals surface area (Å²) >= 11 is 1.63. The van der Waals surface area contributed by atoms with Gasteiger partial charge in [-0.25, -0.2) is 4.98 Å². The lowest BCUT2D eigenvalue weighted by molar-refractivity contribution is 0.0736. The predicted octanol–water partition coefficient (Wildman–Crippen LogP) is 4.22. The number of thiazole rings is 1. The number of aryl methyl sites for hydroxylation is 1. The van der Waals surface area contributed by atoms with Gasteiger partial charge in [0.1, 0.15) is 0 Å². The van der Waals surface area contributed by atoms with Crippen LogP contribution >= 0.6 is 11.3 Å². The van der Waals surface area contributed by atoms with Crippen LogP contribution in [0.15, 0.2) is 29.6 Å². The van der Waals surface area contributed by atoms with E-state index in [2.05, 4.69) is 10.3 Å². The highest BCUT2D eigenvalue weighted by Gasteiger charge is 2.18. The van der Waals surface area contributed by atoms with Gasteiger partial charge in [0.2, 0.25) is 0 Å². The zero-order valence-electron chi connectivity index (χ0n) is 15.4. The fourth-order valence-corrected chi connectivity index (χ4v) is 2.98. The van der Waals surface area contributed by atoms with Gasteiger partial charge in [-0.05, 0) is 19.1 Å². The zero-order chi connectivity index (χ0) is 17.9. The normalized spacial score (nSPS) is 13.3. The molecule has 3 rings (SSSR count). The number of nitrogens with zero attached hydrogens (tertiary/aromatic N) is 2. The number of carbonyl (C=O) groups is 1. The number of piperazine rings is 1. The molecule has 5 heteroatoms. The van der Waals surface area contributed by atoms with Crippen molar-refractivity contribution in [2.75, 3.05) is 26.2 Å². The van der Waals surface area contributed by atoms with E-state index in [0.717, 1.165) is 48.0 Å². The molecule has 1 aromatic carbocycles. The molecule has 1 aliphatic heterocycles. The van der Waals surface area contributed by atoms with E-state index in [4.69, 9.17) is 0 Å². The number of hydrogen-bond acceptors (Lipinski definition) is 4. The minimum Gasteiger partial charge on any atom is -0.336 e. The Morgan fingerprint density at radius 1 is 1.17 bits per heavy atom. The number of amides is 1. The number of benzene rings is 1. The second-order valence-electron chi connectivity index (χ2n) is 4.87. The van der Waals surface area contributed by atoms with Crippen molar-refractivity contribution in [3.8, 4) is 11.3 Å². The van der Waals surface area contributed by atoms with Crippen molar-refractivity contribution in [1.29, 1.82) is 0 Å². The fourth-order valence-electron chi connectivity index (χ4n) is 2.36. The van der Waals surface area contributed by atoms with E-state index in [0.29, 0.717) is 0 Å². The van der Waals surface area contributed by atoms with Crippen LogP contribution in [0.1, 0.15) is 43.1 Å². The Morgan fingerprint density at radius 2 is 1.83 bits per heavy atom. The molecule has 24 heavy (non-hydrogen) atoms. The number of aromatic nitrogens is 1. The SMILES string of the molecule is CC.CC.Cc1nc(-c2cccc(C(=O)N3CCNCC3)c2)cs1. The third-order valence-corrected chi connectivity index (χ3v) is 4.20. The molecule has 4 nitrogen and oxygen atoms in total. The third kappa shape index (κ3) is 5.42. The molecule has 2 aromatic rings. The molecule has 0 bridgehead atoms. The molecule has 0 unspecified atom stereocenters. The molecule has 0 saturated carbocycles. The van der Waals surface area contributed by atoms with Crippen LogP contribution in [-0.4, -0.2) is 42.0 Å². The third-order valence-electron chi connectivity index (χ3n) is 3.43. The van der Waals surface area contributed by atoms with Crippen molar-refractivity contribution in [1.82, 2.24) is 15.2 Å². The van der Waals surface area contributed by atoms with E-state index in [1.165, 1.54) is 0 Å². The van der Waals surface area contributed by atoms with Crippen LogP contribution in [0.25, 0.3) is 11.3 Å². The lowest BCUT2D eigenvalue weighted by Gasteiger charge is -2.27. The van der Waals surface area contributed by atoms with Crippen LogP contribution in [0.3, 0.4) is 0 Å². The van der Waals surface area contributed by atoms with Crippen molar-refractivity contribution < 1.29 is 4.79 Å². The molecule has 2 heterocycles. The van der Waals surface area contributed by atoms with Crippen molar-refractivity contribution in [2.24, 2.45) is 0 Å². The Hall–Kier alpha value is -1.72. The summed E-state index contributed by atoms with van der Waals surface area (Å²) in [7, 11) is 0. The zero-order valence-corrected chi connectivity index (χ0v) is 16.2. The molecule has 0 radical (unpaired) electrons. The van der Waals surface area contributed by atoms with Gasteiger partial charge in [0, 0.05) is 42.7 Å². The van der Waals surface area contributed by atoms with Crippen molar-refractivity contribution >= 4 is 17.2 Å². The Balaban J connectivity index is 0.000000671. The first-order chi connectivity index (χ1) is 11.7. The van der Waals surface area contributed by atoms with E-state index < -0.39 is 0 Å². The standard InChI is InChI=1S/C15H17N3OS.2C2H6/c1-11-17-14(10-20-11)12-3-2-4-13(9-12)15(19)18-7-5-16-6-8-18;2*1-2/h2-4,9-10,16H,5-8H2,1H3;2*1-2H3. The van der Waals surface area contributed by atoms with Gasteiger partial charge < -0.3 is 10.2 Å². The number of hydrogen-bond donors (Lipinski definition) is 1. The van der Waals surface area contributed by atoms with Gasteiger partial charge in [-0.15, -0.1) is 11.3 Å². The fraction of sp³-hybridized carbons (Fsp3) is 0.474. The molecule has 132 valence electrons. The Kier molecular flexibility index (Phi) is 9.27. The van der Waals surface area contributed by atoms with Crippen LogP contribution in [0.4, 0.5) is 0 Å². The average Bonchev–Trinajstić information content (AvgIpc) is 3.12. The first-order valence-electron chi connectivity index (χ1n) is 8.76. The second-order valence-corrected chi connectivity index (χ2v) is 5.94. The Bertz CT molecular complexity index is 619. The number of carbonyl (C=O) groups excluding carboxylic acids is 1. The van der Waals surface area contributed by atoms with Gasteiger partial charge in [0.15, 0.2) is 0 Å². The quantitative estimate of drug-likeness (QED) is 0.885. The van der Waals surface area contributed by atoms with Gasteiger partial charge in [0.05, 0.1) is 10.7 Å². The summed E-state index contributed by atoms with van der Waals surface area (Å²) < 4.78 is 0. The van der Waals surface area contributed by atoms with E-state index in [1.807, 2.05) is 69.2 Å². The number of rotatable bonds is 2. The molecule has 1 fully saturated rings. The molecule has 1 aromatic heterocycles. The van der Waals surface area contributed by atoms with Gasteiger partial charge in [-0.2, -0.15) is 0 Å². The van der Waals surface area contributed by atoms with Gasteiger partial charge in [-0.1, -0.05) is 39.8 Å². The Labute approximate surface area is 149 Å². The topological polar surface area (TPSA) is 45.2 Å². The molecule has 1 N–H and O–H groups in total. The second kappa shape index (κ2) is 10.9. The predicted molar refractivity (Wildman–Crippen MR) is 104 cm³/mol. The van der Waals surface area contributed by atoms with Crippen LogP contribution < -0.4 is 5.32 Å². The van der Waals surface area contributed by atoms with Crippen LogP contribution in [-0.2, 0) is 0 Å². The highest BCUT2D eigenvalue weighted by molar-refractivity contribution is 7.09. The van der Waals surface area contributed by atoms with Crippen molar-refractivity contribution in [2.45, 2.75) is 34.6 Å². The van der Waals surface area contributed by atoms with Gasteiger partial charge in [-0.3, -0.25) is 4.79 Å². The van der Waals surface area contributed by atoms with Gasteiger partial charge in [0.25, 0.3) is 5.91 Å². The lowest BCUT2D eigenvalue weighted by Crippen LogP contribution is -2.46. The van der Waals surface area contributed by atoms with E-state index in [-0.39, 0.29) is 5.91 Å². The minimum absolute atomic E-state index is 0.111. The average molecular weight is 348 g/mol. The number of nitrogens with one attached hydrogen (secondary N) is 1. The summed E-state index contributed by atoms with van der Waals surface area (Å²) in [5.41, 5.74) is 2.70. The highest BCUT2D eigenvalue weighted by Crippen LogP contribution is 2.23. The van der Waals surface area contributed by atoms with E-state index in [9.17, 15) is 4.79 Å². The summed E-state index contributed by atoms with van der Waals surface area (Å²) in [6, 6.07) is 7.76. The monoisotopic (exact) mass is 347 g/mol. The molecular formula is C19H29N3OS. The maximum absolute atomic E-state index is 12.5. The molecule has 0 spiro atoms. The first-order valence-corrected chi connectivity index (χ1v) is 9.64. The summed E-state index contributed by atoms with van der Waals surface area (Å²) in [6.07, 6.45) is 0. The summed E-state index contributed by atoms with van der Waals surface area (Å²) in [5.74, 6) is 0.111. The highest BCUT2D eigenvalue weighted by atomic mass is 32.1. The maximum atomic E-state index is 12.5. The molecule has 1 saturated heterocycles. The van der Waals surface area contributed by atoms with Crippen molar-refractivity contribution in [3.05, 3.63) is 40.2 Å². The minimum atomic E-state index is 0.111. The van der Waals surface area contributed by atoms with Crippen molar-refractivity contribution in [3.63, 3.8) is 0 Å². The smallest absolute Gasteiger partial charge is 0.253 e. The lowest BCUT2D eigenvalue weighted by atomic mass is 10.1. The molecular weight excluding hydrogens is 318 g/mol. The molecule has 1 amide bonds. The van der Waals surface area contributed by atoms with Crippen LogP contribution in [0.2, 0.25) is 0 Å². The maximum Gasteiger partial charge on any atom is 0.253 e.